The molecule has 6 amide bonds. The lowest BCUT2D eigenvalue weighted by atomic mass is 10.0. The van der Waals surface area contributed by atoms with Crippen molar-refractivity contribution in [3.63, 3.8) is 0 Å². The molecule has 53 heavy (non-hydrogen) atoms. The molecule has 1 aliphatic rings. The first-order chi connectivity index (χ1) is 25.2. The van der Waals surface area contributed by atoms with Gasteiger partial charge in [-0.3, -0.25) is 28.8 Å². The zero-order valence-electron chi connectivity index (χ0n) is 30.6. The minimum Gasteiger partial charge on any atom is -0.361 e. The lowest BCUT2D eigenvalue weighted by Crippen LogP contribution is -2.53. The lowest BCUT2D eigenvalue weighted by molar-refractivity contribution is -0.138. The summed E-state index contributed by atoms with van der Waals surface area (Å²) in [7, 11) is 2.97. The van der Waals surface area contributed by atoms with Gasteiger partial charge < -0.3 is 40.2 Å². The smallest absolute Gasteiger partial charge is 0.276 e. The van der Waals surface area contributed by atoms with Crippen molar-refractivity contribution >= 4 is 57.7 Å². The Labute approximate surface area is 310 Å². The molecule has 0 radical (unpaired) electrons. The van der Waals surface area contributed by atoms with E-state index in [-0.39, 0.29) is 49.9 Å². The number of carbonyl (C=O) groups is 6. The third-order valence-electron chi connectivity index (χ3n) is 8.85. The Morgan fingerprint density at radius 1 is 0.962 bits per heavy atom. The normalized spacial score (nSPS) is 20.3. The molecule has 4 heterocycles. The van der Waals surface area contributed by atoms with Gasteiger partial charge in [0.2, 0.25) is 23.6 Å². The van der Waals surface area contributed by atoms with E-state index >= 15 is 0 Å². The maximum Gasteiger partial charge on any atom is 0.276 e. The Morgan fingerprint density at radius 3 is 2.42 bits per heavy atom. The molecule has 4 N–H and O–H groups in total. The number of benzene rings is 1. The van der Waals surface area contributed by atoms with Crippen LogP contribution in [0, 0.1) is 12.8 Å². The van der Waals surface area contributed by atoms with Crippen LogP contribution in [-0.2, 0) is 25.6 Å². The van der Waals surface area contributed by atoms with E-state index in [9.17, 15) is 28.8 Å². The molecule has 4 aromatic rings. The van der Waals surface area contributed by atoms with Crippen molar-refractivity contribution in [1.82, 2.24) is 45.8 Å². The topological polar surface area (TPSA) is 203 Å². The van der Waals surface area contributed by atoms with E-state index in [2.05, 4.69) is 31.1 Å². The minimum atomic E-state index is -1.08. The van der Waals surface area contributed by atoms with Gasteiger partial charge in [-0.25, -0.2) is 4.98 Å². The zero-order chi connectivity index (χ0) is 38.4. The molecule has 3 atom stereocenters. The number of carbonyl (C=O) groups excluding carboxylic acids is 6. The quantitative estimate of drug-likeness (QED) is 0.236. The SMILES string of the molecule is Cc1cc(C(=O)N2CCN(C)C(=O)[C@H](C)NC(=O)CN(C)C(=O)[C@@H](Cc3c[nH]c4ccccc34)NC(=O)c3csc(n3)[C@H](CC(C)C)NC(=O)C2)no1. The molecule has 2 bridgehead atoms. The van der Waals surface area contributed by atoms with Crippen LogP contribution in [0.25, 0.3) is 10.9 Å². The number of likely N-dealkylation sites (N-methyl/N-ethyl adjacent to an activating group) is 2. The van der Waals surface area contributed by atoms with Crippen LogP contribution in [0.2, 0.25) is 0 Å². The Kier molecular flexibility index (Phi) is 12.3. The Bertz CT molecular complexity index is 1990. The van der Waals surface area contributed by atoms with Gasteiger partial charge in [0.1, 0.15) is 28.5 Å². The molecule has 0 saturated carbocycles. The highest BCUT2D eigenvalue weighted by Gasteiger charge is 2.31. The van der Waals surface area contributed by atoms with Crippen LogP contribution in [0.15, 0.2) is 46.4 Å². The van der Waals surface area contributed by atoms with Crippen LogP contribution in [-0.4, -0.2) is 118 Å². The summed E-state index contributed by atoms with van der Waals surface area (Å²) in [5, 5.41) is 15.2. The number of rotatable bonds is 5. The van der Waals surface area contributed by atoms with Gasteiger partial charge in [0.25, 0.3) is 11.8 Å². The van der Waals surface area contributed by atoms with Gasteiger partial charge in [-0.05, 0) is 37.8 Å². The minimum absolute atomic E-state index is 0.00593. The summed E-state index contributed by atoms with van der Waals surface area (Å²) in [6.45, 7) is 6.37. The van der Waals surface area contributed by atoms with Gasteiger partial charge in [0.05, 0.1) is 19.1 Å². The molecule has 3 aromatic heterocycles. The average Bonchev–Trinajstić information content (AvgIpc) is 3.88. The number of H-pyrrole nitrogens is 1. The van der Waals surface area contributed by atoms with Crippen LogP contribution >= 0.6 is 11.3 Å². The lowest BCUT2D eigenvalue weighted by Gasteiger charge is -2.28. The molecule has 1 aromatic carbocycles. The number of para-hydroxylation sites is 1. The van der Waals surface area contributed by atoms with Crippen molar-refractivity contribution < 1.29 is 33.3 Å². The first kappa shape index (κ1) is 38.6. The molecule has 0 aliphatic carbocycles. The van der Waals surface area contributed by atoms with Crippen molar-refractivity contribution in [2.75, 3.05) is 40.3 Å². The average molecular weight is 748 g/mol. The Balaban J connectivity index is 1.47. The first-order valence-electron chi connectivity index (χ1n) is 17.3. The number of aryl methyl sites for hydroxylation is 1. The molecule has 1 aliphatic heterocycles. The van der Waals surface area contributed by atoms with Gasteiger partial charge in [-0.15, -0.1) is 11.3 Å². The molecule has 17 heteroatoms. The molecular formula is C36H45N9O7S. The summed E-state index contributed by atoms with van der Waals surface area (Å²) in [5.41, 5.74) is 1.72. The molecule has 0 spiro atoms. The van der Waals surface area contributed by atoms with Crippen LogP contribution in [0.4, 0.5) is 0 Å². The third-order valence-corrected chi connectivity index (χ3v) is 9.81. The van der Waals surface area contributed by atoms with Crippen LogP contribution in [0.1, 0.15) is 70.5 Å². The van der Waals surface area contributed by atoms with Gasteiger partial charge in [-0.2, -0.15) is 0 Å². The predicted molar refractivity (Wildman–Crippen MR) is 196 cm³/mol. The molecule has 0 saturated heterocycles. The van der Waals surface area contributed by atoms with E-state index in [0.717, 1.165) is 16.5 Å². The summed E-state index contributed by atoms with van der Waals surface area (Å²) in [5.74, 6) is -2.69. The van der Waals surface area contributed by atoms with Crippen LogP contribution < -0.4 is 16.0 Å². The van der Waals surface area contributed by atoms with Crippen molar-refractivity contribution in [2.24, 2.45) is 5.92 Å². The number of nitrogens with one attached hydrogen (secondary N) is 4. The number of fused-ring (bicyclic) bond motifs is 3. The highest BCUT2D eigenvalue weighted by atomic mass is 32.1. The van der Waals surface area contributed by atoms with Gasteiger partial charge in [0, 0.05) is 62.2 Å². The number of hydrogen-bond donors (Lipinski definition) is 4. The standard InChI is InChI=1S/C36H45N9O7S/c1-20(2)13-26-33-41-29(19-53-33)32(48)40-27(15-23-16-37-25-10-8-7-9-24(23)25)35(50)44(6)17-30(46)38-22(4)34(49)43(5)11-12-45(18-31(47)39-26)36(51)28-14-21(3)52-42-28/h7-10,14,16,19-20,22,26-27,37H,11-13,15,17-18H2,1-6H3,(H,38,46)(H,39,47)(H,40,48)/t22-,26-,27+/m0/s1. The second-order valence-corrected chi connectivity index (χ2v) is 14.6. The highest BCUT2D eigenvalue weighted by Crippen LogP contribution is 2.25. The van der Waals surface area contributed by atoms with Crippen molar-refractivity contribution in [1.29, 1.82) is 0 Å². The summed E-state index contributed by atoms with van der Waals surface area (Å²) in [6.07, 6.45) is 2.38. The second-order valence-electron chi connectivity index (χ2n) is 13.7. The summed E-state index contributed by atoms with van der Waals surface area (Å²) in [6, 6.07) is 6.39. The Morgan fingerprint density at radius 2 is 1.70 bits per heavy atom. The molecule has 16 nitrogen and oxygen atoms in total. The maximum absolute atomic E-state index is 13.9. The summed E-state index contributed by atoms with van der Waals surface area (Å²) < 4.78 is 5.09. The molecule has 5 rings (SSSR count). The zero-order valence-corrected chi connectivity index (χ0v) is 31.4. The van der Waals surface area contributed by atoms with E-state index in [1.165, 1.54) is 53.1 Å². The van der Waals surface area contributed by atoms with E-state index in [1.807, 2.05) is 38.1 Å². The van der Waals surface area contributed by atoms with E-state index in [1.54, 1.807) is 18.5 Å². The first-order valence-corrected chi connectivity index (χ1v) is 18.2. The van der Waals surface area contributed by atoms with Crippen molar-refractivity contribution in [3.05, 3.63) is 69.6 Å². The van der Waals surface area contributed by atoms with E-state index < -0.39 is 53.6 Å². The van der Waals surface area contributed by atoms with E-state index in [0.29, 0.717) is 17.2 Å². The number of hydrogen-bond acceptors (Lipinski definition) is 10. The Hall–Kier alpha value is -5.58. The van der Waals surface area contributed by atoms with Crippen molar-refractivity contribution in [3.8, 4) is 0 Å². The van der Waals surface area contributed by atoms with Gasteiger partial charge >= 0.3 is 0 Å². The third kappa shape index (κ3) is 9.65. The number of thiazole rings is 1. The fourth-order valence-corrected chi connectivity index (χ4v) is 6.97. The number of amides is 6. The second kappa shape index (κ2) is 16.8. The fraction of sp³-hybridized carbons (Fsp3) is 0.444. The number of aromatic nitrogens is 3. The van der Waals surface area contributed by atoms with Crippen molar-refractivity contribution in [2.45, 2.75) is 58.7 Å². The van der Waals surface area contributed by atoms with Crippen LogP contribution in [0.5, 0.6) is 0 Å². The molecule has 0 unspecified atom stereocenters. The number of aromatic amines is 1. The van der Waals surface area contributed by atoms with Gasteiger partial charge in [-0.1, -0.05) is 37.2 Å². The maximum atomic E-state index is 13.9. The highest BCUT2D eigenvalue weighted by molar-refractivity contribution is 7.09. The fourth-order valence-electron chi connectivity index (χ4n) is 6.11. The summed E-state index contributed by atoms with van der Waals surface area (Å²) >= 11 is 1.19. The predicted octanol–water partition coefficient (Wildman–Crippen LogP) is 2.04. The molecule has 0 fully saturated rings. The van der Waals surface area contributed by atoms with E-state index in [4.69, 9.17) is 4.52 Å². The molecular weight excluding hydrogens is 703 g/mol. The monoisotopic (exact) mass is 747 g/mol. The van der Waals surface area contributed by atoms with Crippen LogP contribution in [0.3, 0.4) is 0 Å². The summed E-state index contributed by atoms with van der Waals surface area (Å²) in [4.78, 5) is 92.7. The number of nitrogens with zero attached hydrogens (tertiary/aromatic N) is 5. The molecule has 282 valence electrons. The largest absolute Gasteiger partial charge is 0.361 e. The van der Waals surface area contributed by atoms with Gasteiger partial charge in [0.15, 0.2) is 5.69 Å².